The lowest BCUT2D eigenvalue weighted by molar-refractivity contribution is 0.388. The van der Waals surface area contributed by atoms with Gasteiger partial charge < -0.3 is 15.5 Å². The van der Waals surface area contributed by atoms with E-state index in [-0.39, 0.29) is 5.41 Å². The molecule has 1 aromatic rings. The Morgan fingerprint density at radius 2 is 2.08 bits per heavy atom. The van der Waals surface area contributed by atoms with Crippen LogP contribution in [0, 0.1) is 5.41 Å². The second kappa shape index (κ2) is 13.2. The Hall–Kier alpha value is -3.46. The van der Waals surface area contributed by atoms with Crippen molar-refractivity contribution in [2.24, 2.45) is 5.41 Å². The average molecular weight is 496 g/mol. The van der Waals surface area contributed by atoms with E-state index in [9.17, 15) is 0 Å². The maximum atomic E-state index is 4.30. The third-order valence-corrected chi connectivity index (χ3v) is 7.10. The molecule has 3 nitrogen and oxygen atoms in total. The third kappa shape index (κ3) is 7.29. The van der Waals surface area contributed by atoms with Crippen LogP contribution in [0.1, 0.15) is 58.6 Å². The number of nitrogens with zero attached hydrogens (tertiary/aromatic N) is 1. The van der Waals surface area contributed by atoms with Crippen molar-refractivity contribution in [3.05, 3.63) is 119 Å². The number of fused-ring (bicyclic) bond motifs is 3. The number of dihydropyridines is 1. The number of rotatable bonds is 9. The highest BCUT2D eigenvalue weighted by Crippen LogP contribution is 2.46. The summed E-state index contributed by atoms with van der Waals surface area (Å²) in [5, 5.41) is 6.65. The highest BCUT2D eigenvalue weighted by molar-refractivity contribution is 5.77. The predicted octanol–water partition coefficient (Wildman–Crippen LogP) is 8.32. The molecule has 37 heavy (non-hydrogen) atoms. The van der Waals surface area contributed by atoms with E-state index < -0.39 is 0 Å². The van der Waals surface area contributed by atoms with Gasteiger partial charge in [0.15, 0.2) is 0 Å². The fraction of sp³-hybridized carbons (Fsp3) is 0.353. The van der Waals surface area contributed by atoms with Crippen LogP contribution < -0.4 is 10.6 Å². The van der Waals surface area contributed by atoms with Crippen molar-refractivity contribution >= 4 is 11.3 Å². The fourth-order valence-corrected chi connectivity index (χ4v) is 5.07. The molecule has 4 rings (SSSR count). The summed E-state index contributed by atoms with van der Waals surface area (Å²) < 4.78 is 0. The maximum absolute atomic E-state index is 4.30. The van der Waals surface area contributed by atoms with Gasteiger partial charge in [0.25, 0.3) is 0 Å². The summed E-state index contributed by atoms with van der Waals surface area (Å²) in [5.74, 6) is 0. The average Bonchev–Trinajstić information content (AvgIpc) is 3.28. The second-order valence-corrected chi connectivity index (χ2v) is 10.1. The zero-order valence-electron chi connectivity index (χ0n) is 23.7. The molecule has 3 aliphatic rings. The van der Waals surface area contributed by atoms with Crippen LogP contribution in [0.15, 0.2) is 108 Å². The van der Waals surface area contributed by atoms with Crippen LogP contribution in [-0.2, 0) is 6.54 Å². The van der Waals surface area contributed by atoms with Gasteiger partial charge in [0.2, 0.25) is 0 Å². The van der Waals surface area contributed by atoms with Crippen LogP contribution in [0.3, 0.4) is 0 Å². The largest absolute Gasteiger partial charge is 0.388 e. The Balaban J connectivity index is 0.000000241. The van der Waals surface area contributed by atoms with Crippen LogP contribution in [-0.4, -0.2) is 25.0 Å². The van der Waals surface area contributed by atoms with Crippen LogP contribution in [0.4, 0.5) is 5.69 Å². The first-order valence-electron chi connectivity index (χ1n) is 13.6. The van der Waals surface area contributed by atoms with Gasteiger partial charge in [0.05, 0.1) is 0 Å². The monoisotopic (exact) mass is 495 g/mol. The van der Waals surface area contributed by atoms with Gasteiger partial charge in [-0.15, -0.1) is 0 Å². The lowest BCUT2D eigenvalue weighted by Crippen LogP contribution is -2.30. The lowest BCUT2D eigenvalue weighted by atomic mass is 9.73. The standard InChI is InChI=1S/C22H32N2.C12H13N/c1-7-10-14-24(9-3)17-20-12-13-21(23-6)16-22(20)19(5)15-18(4)11-8-2;1-12-5-2-3-10(12)11-7-9(8-12)4-6-13-11/h8,10-16,23H,5,7,9,17H2,1-4,6H3;2-5,7,13H,6,8H2,1H3/b11-8-,14-10?,18-15-;. The lowest BCUT2D eigenvalue weighted by Gasteiger charge is -2.35. The Labute approximate surface area is 225 Å². The number of benzene rings is 1. The summed E-state index contributed by atoms with van der Waals surface area (Å²) >= 11 is 0. The summed E-state index contributed by atoms with van der Waals surface area (Å²) in [6, 6.07) is 6.52. The summed E-state index contributed by atoms with van der Waals surface area (Å²) in [7, 11) is 1.95. The SMILES string of the molecule is C=C(/C=C(C)\C=C/C)c1cc(NC)ccc1CN(C=CCC)CC.CC12C=CC=C1C1=CC(=CCN1)C2. The van der Waals surface area contributed by atoms with Crippen molar-refractivity contribution in [3.63, 3.8) is 0 Å². The smallest absolute Gasteiger partial charge is 0.0429 e. The molecular formula is C34H45N3. The van der Waals surface area contributed by atoms with Crippen LogP contribution >= 0.6 is 0 Å². The van der Waals surface area contributed by atoms with E-state index in [1.165, 1.54) is 40.0 Å². The van der Waals surface area contributed by atoms with E-state index in [1.54, 1.807) is 0 Å². The molecule has 1 aliphatic heterocycles. The molecule has 2 bridgehead atoms. The van der Waals surface area contributed by atoms with Gasteiger partial charge >= 0.3 is 0 Å². The Morgan fingerprint density at radius 3 is 2.78 bits per heavy atom. The van der Waals surface area contributed by atoms with Crippen LogP contribution in [0.2, 0.25) is 0 Å². The van der Waals surface area contributed by atoms with Gasteiger partial charge in [-0.2, -0.15) is 0 Å². The molecule has 0 saturated heterocycles. The third-order valence-electron chi connectivity index (χ3n) is 7.10. The first-order chi connectivity index (χ1) is 17.8. The maximum Gasteiger partial charge on any atom is 0.0429 e. The summed E-state index contributed by atoms with van der Waals surface area (Å²) in [4.78, 5) is 2.33. The molecule has 0 spiro atoms. The molecule has 2 aliphatic carbocycles. The molecule has 1 unspecified atom stereocenters. The number of nitrogens with one attached hydrogen (secondary N) is 2. The van der Waals surface area contributed by atoms with E-state index >= 15 is 0 Å². The van der Waals surface area contributed by atoms with Crippen molar-refractivity contribution in [2.45, 2.75) is 54.0 Å². The molecule has 0 radical (unpaired) electrons. The summed E-state index contributed by atoms with van der Waals surface area (Å²) in [6.45, 7) is 18.0. The quantitative estimate of drug-likeness (QED) is 0.337. The van der Waals surface area contributed by atoms with Gasteiger partial charge in [-0.3, -0.25) is 0 Å². The molecule has 2 N–H and O–H groups in total. The van der Waals surface area contributed by atoms with E-state index in [1.807, 2.05) is 14.0 Å². The Bertz CT molecular complexity index is 1190. The molecule has 1 aromatic carbocycles. The van der Waals surface area contributed by atoms with Crippen molar-refractivity contribution in [3.8, 4) is 0 Å². The van der Waals surface area contributed by atoms with E-state index in [4.69, 9.17) is 0 Å². The zero-order valence-corrected chi connectivity index (χ0v) is 23.7. The number of hydrogen-bond acceptors (Lipinski definition) is 3. The highest BCUT2D eigenvalue weighted by atomic mass is 15.1. The zero-order chi connectivity index (χ0) is 26.8. The summed E-state index contributed by atoms with van der Waals surface area (Å²) in [5.41, 5.74) is 10.4. The molecule has 0 saturated carbocycles. The van der Waals surface area contributed by atoms with Crippen LogP contribution in [0.5, 0.6) is 0 Å². The second-order valence-electron chi connectivity index (χ2n) is 10.1. The molecule has 0 aromatic heterocycles. The van der Waals surface area contributed by atoms with Gasteiger partial charge in [0, 0.05) is 43.5 Å². The molecule has 0 fully saturated rings. The van der Waals surface area contributed by atoms with Gasteiger partial charge in [-0.05, 0) is 85.9 Å². The number of anilines is 1. The molecule has 0 amide bonds. The van der Waals surface area contributed by atoms with Crippen molar-refractivity contribution in [1.82, 2.24) is 10.2 Å². The topological polar surface area (TPSA) is 27.3 Å². The normalized spacial score (nSPS) is 19.9. The number of allylic oxidation sites excluding steroid dienone is 12. The van der Waals surface area contributed by atoms with E-state index in [0.717, 1.165) is 37.3 Å². The minimum atomic E-state index is 0.267. The molecular weight excluding hydrogens is 450 g/mol. The Morgan fingerprint density at radius 1 is 1.27 bits per heavy atom. The first kappa shape index (κ1) is 28.1. The van der Waals surface area contributed by atoms with E-state index in [0.29, 0.717) is 0 Å². The number of hydrogen-bond donors (Lipinski definition) is 2. The minimum Gasteiger partial charge on any atom is -0.388 e. The molecule has 3 heteroatoms. The molecule has 1 atom stereocenters. The van der Waals surface area contributed by atoms with Crippen LogP contribution in [0.25, 0.3) is 5.57 Å². The van der Waals surface area contributed by atoms with Gasteiger partial charge in [-0.25, -0.2) is 0 Å². The molecule has 1 heterocycles. The van der Waals surface area contributed by atoms with Gasteiger partial charge in [0.1, 0.15) is 0 Å². The van der Waals surface area contributed by atoms with Crippen molar-refractivity contribution in [2.75, 3.05) is 25.5 Å². The van der Waals surface area contributed by atoms with Crippen molar-refractivity contribution < 1.29 is 0 Å². The highest BCUT2D eigenvalue weighted by Gasteiger charge is 2.35. The van der Waals surface area contributed by atoms with Gasteiger partial charge in [-0.1, -0.05) is 80.7 Å². The minimum absolute atomic E-state index is 0.267. The van der Waals surface area contributed by atoms with Crippen molar-refractivity contribution in [1.29, 1.82) is 0 Å². The fourth-order valence-electron chi connectivity index (χ4n) is 5.07. The predicted molar refractivity (Wildman–Crippen MR) is 163 cm³/mol. The van der Waals surface area contributed by atoms with E-state index in [2.05, 4.69) is 129 Å². The Kier molecular flexibility index (Phi) is 10.0. The molecule has 196 valence electrons. The summed E-state index contributed by atoms with van der Waals surface area (Å²) in [6.07, 6.45) is 24.2. The first-order valence-corrected chi connectivity index (χ1v) is 13.6.